The molecule has 137 valence electrons. The predicted octanol–water partition coefficient (Wildman–Crippen LogP) is -1.00. The highest BCUT2D eigenvalue weighted by Crippen LogP contribution is 2.38. The Balaban J connectivity index is 1.65. The molecular weight excluding hydrogens is 326 g/mol. The first kappa shape index (κ1) is 17.8. The second-order valence-electron chi connectivity index (χ2n) is 7.36. The molecule has 0 bridgehead atoms. The first-order valence-electron chi connectivity index (χ1n) is 8.74. The molecule has 0 spiro atoms. The molecule has 8 nitrogen and oxygen atoms in total. The molecule has 0 aromatic rings. The summed E-state index contributed by atoms with van der Waals surface area (Å²) in [6.07, 6.45) is 3.78. The van der Waals surface area contributed by atoms with Gasteiger partial charge in [0, 0.05) is 12.5 Å². The van der Waals surface area contributed by atoms with Crippen molar-refractivity contribution in [2.24, 2.45) is 11.7 Å². The number of nitrogens with zero attached hydrogens (tertiary/aromatic N) is 2. The fourth-order valence-corrected chi connectivity index (χ4v) is 3.84. The number of carbonyl (C=O) groups is 4. The summed E-state index contributed by atoms with van der Waals surface area (Å²) in [7, 11) is 0. The largest absolute Gasteiger partial charge is 0.380 e. The third-order valence-electron chi connectivity index (χ3n) is 5.68. The van der Waals surface area contributed by atoms with Gasteiger partial charge in [0.05, 0.1) is 19.0 Å². The number of nitrogens with two attached hydrogens (primary N) is 1. The van der Waals surface area contributed by atoms with Crippen molar-refractivity contribution in [1.82, 2.24) is 9.80 Å². The molecule has 3 atom stereocenters. The van der Waals surface area contributed by atoms with Gasteiger partial charge in [-0.05, 0) is 32.1 Å². The summed E-state index contributed by atoms with van der Waals surface area (Å²) in [5.41, 5.74) is 3.85. The summed E-state index contributed by atoms with van der Waals surface area (Å²) in [5, 5.41) is 10.3. The molecule has 0 aromatic heterocycles. The molecule has 1 saturated carbocycles. The smallest absolute Gasteiger partial charge is 0.255 e. The second kappa shape index (κ2) is 6.40. The Morgan fingerprint density at radius 1 is 1.36 bits per heavy atom. The maximum atomic E-state index is 12.6. The highest BCUT2D eigenvalue weighted by molar-refractivity contribution is 6.00. The zero-order chi connectivity index (χ0) is 18.4. The van der Waals surface area contributed by atoms with E-state index in [9.17, 15) is 24.3 Å². The van der Waals surface area contributed by atoms with Crippen LogP contribution in [0.15, 0.2) is 0 Å². The summed E-state index contributed by atoms with van der Waals surface area (Å²) >= 11 is 0. The van der Waals surface area contributed by atoms with E-state index in [-0.39, 0.29) is 36.6 Å². The SMILES string of the molecule is CC(C[CH]C(=O)N1CCC2C1C(=O)CN2C(=O)C1(O)CCC1)C(N)=O. The molecule has 2 aliphatic heterocycles. The molecular formula is C17H24N3O5. The summed E-state index contributed by atoms with van der Waals surface area (Å²) < 4.78 is 0. The standard InChI is InChI=1S/C17H24N3O5/c1-10(15(18)23)3-4-13(22)19-8-5-11-14(19)12(21)9-20(11)16(24)17(25)6-2-7-17/h4,10-11,14,25H,2-3,5-9H2,1H3,(H2,18,23). The van der Waals surface area contributed by atoms with Gasteiger partial charge in [-0.1, -0.05) is 6.92 Å². The Morgan fingerprint density at radius 3 is 2.60 bits per heavy atom. The number of fused-ring (bicyclic) bond motifs is 1. The molecule has 1 radical (unpaired) electrons. The van der Waals surface area contributed by atoms with Crippen molar-refractivity contribution in [3.63, 3.8) is 0 Å². The molecule has 3 N–H and O–H groups in total. The van der Waals surface area contributed by atoms with Crippen molar-refractivity contribution >= 4 is 23.5 Å². The van der Waals surface area contributed by atoms with E-state index in [1.54, 1.807) is 6.92 Å². The lowest BCUT2D eigenvalue weighted by Gasteiger charge is -2.39. The van der Waals surface area contributed by atoms with Crippen LogP contribution in [0.3, 0.4) is 0 Å². The van der Waals surface area contributed by atoms with E-state index in [1.807, 2.05) is 0 Å². The van der Waals surface area contributed by atoms with Crippen molar-refractivity contribution in [2.75, 3.05) is 13.1 Å². The van der Waals surface area contributed by atoms with Gasteiger partial charge < -0.3 is 20.6 Å². The van der Waals surface area contributed by atoms with Crippen molar-refractivity contribution in [3.05, 3.63) is 6.42 Å². The average molecular weight is 350 g/mol. The summed E-state index contributed by atoms with van der Waals surface area (Å²) in [5.74, 6) is -1.81. The van der Waals surface area contributed by atoms with E-state index in [0.29, 0.717) is 25.8 Å². The minimum absolute atomic E-state index is 0.0576. The topological polar surface area (TPSA) is 121 Å². The number of hydrogen-bond acceptors (Lipinski definition) is 5. The van der Waals surface area contributed by atoms with Crippen molar-refractivity contribution < 1.29 is 24.3 Å². The molecule has 3 amide bonds. The maximum absolute atomic E-state index is 12.6. The molecule has 1 aliphatic carbocycles. The van der Waals surface area contributed by atoms with Crippen LogP contribution in [0.25, 0.3) is 0 Å². The molecule has 3 unspecified atom stereocenters. The summed E-state index contributed by atoms with van der Waals surface area (Å²) in [6.45, 7) is 1.96. The van der Waals surface area contributed by atoms with Crippen LogP contribution in [-0.4, -0.2) is 69.2 Å². The maximum Gasteiger partial charge on any atom is 0.255 e. The lowest BCUT2D eigenvalue weighted by molar-refractivity contribution is -0.161. The third-order valence-corrected chi connectivity index (χ3v) is 5.68. The van der Waals surface area contributed by atoms with Crippen LogP contribution in [-0.2, 0) is 19.2 Å². The van der Waals surface area contributed by atoms with E-state index in [2.05, 4.69) is 0 Å². The molecule has 3 aliphatic rings. The molecule has 2 saturated heterocycles. The number of carbonyl (C=O) groups excluding carboxylic acids is 4. The van der Waals surface area contributed by atoms with Crippen LogP contribution in [0.1, 0.15) is 39.0 Å². The van der Waals surface area contributed by atoms with Crippen LogP contribution in [0, 0.1) is 12.3 Å². The first-order valence-corrected chi connectivity index (χ1v) is 8.74. The van der Waals surface area contributed by atoms with Gasteiger partial charge in [0.25, 0.3) is 5.91 Å². The Bertz CT molecular complexity index is 615. The van der Waals surface area contributed by atoms with Crippen LogP contribution in [0.5, 0.6) is 0 Å². The average Bonchev–Trinajstić information content (AvgIpc) is 3.10. The first-order chi connectivity index (χ1) is 11.7. The fraction of sp³-hybridized carbons (Fsp3) is 0.706. The van der Waals surface area contributed by atoms with Crippen LogP contribution in [0.2, 0.25) is 0 Å². The number of ketones is 1. The number of rotatable bonds is 5. The molecule has 25 heavy (non-hydrogen) atoms. The quantitative estimate of drug-likeness (QED) is 0.659. The number of Topliss-reactive ketones (excluding diaryl/α,β-unsaturated/α-hetero) is 1. The lowest BCUT2D eigenvalue weighted by Crippen LogP contribution is -2.55. The van der Waals surface area contributed by atoms with E-state index >= 15 is 0 Å². The minimum Gasteiger partial charge on any atom is -0.380 e. The van der Waals surface area contributed by atoms with Crippen molar-refractivity contribution in [3.8, 4) is 0 Å². The zero-order valence-corrected chi connectivity index (χ0v) is 14.3. The number of primary amides is 1. The van der Waals surface area contributed by atoms with Crippen LogP contribution in [0.4, 0.5) is 0 Å². The van der Waals surface area contributed by atoms with E-state index in [4.69, 9.17) is 5.73 Å². The lowest BCUT2D eigenvalue weighted by atomic mass is 9.79. The van der Waals surface area contributed by atoms with Gasteiger partial charge in [0.2, 0.25) is 11.8 Å². The molecule has 0 aromatic carbocycles. The minimum atomic E-state index is -1.34. The Labute approximate surface area is 146 Å². The third kappa shape index (κ3) is 3.03. The molecule has 3 rings (SSSR count). The number of likely N-dealkylation sites (tertiary alicyclic amines) is 2. The monoisotopic (exact) mass is 350 g/mol. The second-order valence-corrected chi connectivity index (χ2v) is 7.36. The van der Waals surface area contributed by atoms with Gasteiger partial charge in [0.15, 0.2) is 5.78 Å². The van der Waals surface area contributed by atoms with Gasteiger partial charge in [-0.2, -0.15) is 0 Å². The fourth-order valence-electron chi connectivity index (χ4n) is 3.84. The Morgan fingerprint density at radius 2 is 2.04 bits per heavy atom. The van der Waals surface area contributed by atoms with Gasteiger partial charge in [-0.25, -0.2) is 0 Å². The molecule has 2 heterocycles. The van der Waals surface area contributed by atoms with Crippen LogP contribution >= 0.6 is 0 Å². The van der Waals surface area contributed by atoms with Gasteiger partial charge in [0.1, 0.15) is 11.6 Å². The molecule has 3 fully saturated rings. The van der Waals surface area contributed by atoms with Gasteiger partial charge >= 0.3 is 0 Å². The van der Waals surface area contributed by atoms with Crippen molar-refractivity contribution in [1.29, 1.82) is 0 Å². The highest BCUT2D eigenvalue weighted by atomic mass is 16.3. The summed E-state index contributed by atoms with van der Waals surface area (Å²) in [6, 6.07) is -1.02. The number of amides is 3. The zero-order valence-electron chi connectivity index (χ0n) is 14.3. The Hall–Kier alpha value is -1.96. The van der Waals surface area contributed by atoms with E-state index in [0.717, 1.165) is 6.42 Å². The van der Waals surface area contributed by atoms with Crippen LogP contribution < -0.4 is 5.73 Å². The molecule has 8 heteroatoms. The number of hydrogen-bond donors (Lipinski definition) is 2. The highest BCUT2D eigenvalue weighted by Gasteiger charge is 2.55. The Kier molecular flexibility index (Phi) is 4.57. The normalized spacial score (nSPS) is 28.5. The van der Waals surface area contributed by atoms with E-state index in [1.165, 1.54) is 16.2 Å². The van der Waals surface area contributed by atoms with E-state index < -0.39 is 23.5 Å². The predicted molar refractivity (Wildman–Crippen MR) is 86.7 cm³/mol. The van der Waals surface area contributed by atoms with Crippen molar-refractivity contribution in [2.45, 2.75) is 56.7 Å². The number of aliphatic hydroxyl groups is 1. The van der Waals surface area contributed by atoms with Gasteiger partial charge in [-0.3, -0.25) is 19.2 Å². The summed E-state index contributed by atoms with van der Waals surface area (Å²) in [4.78, 5) is 51.4. The van der Waals surface area contributed by atoms with Gasteiger partial charge in [-0.15, -0.1) is 0 Å².